The van der Waals surface area contributed by atoms with E-state index < -0.39 is 17.8 Å². The third kappa shape index (κ3) is 4.58. The molecule has 11 nitrogen and oxygen atoms in total. The molecule has 0 atom stereocenters. The molecule has 4 rings (SSSR count). The van der Waals surface area contributed by atoms with Crippen molar-refractivity contribution in [1.82, 2.24) is 30.4 Å². The predicted molar refractivity (Wildman–Crippen MR) is 131 cm³/mol. The average molecular weight is 489 g/mol. The molecule has 11 heteroatoms. The second-order valence-corrected chi connectivity index (χ2v) is 7.75. The Morgan fingerprint density at radius 1 is 0.944 bits per heavy atom. The number of amides is 2. The number of rotatable bonds is 6. The molecule has 2 heterocycles. The van der Waals surface area contributed by atoms with Crippen molar-refractivity contribution < 1.29 is 19.1 Å². The molecule has 0 saturated carbocycles. The van der Waals surface area contributed by atoms with Crippen LogP contribution >= 0.6 is 0 Å². The number of carbonyl (C=O) groups is 3. The fourth-order valence-corrected chi connectivity index (χ4v) is 3.70. The maximum Gasteiger partial charge on any atom is 0.341 e. The van der Waals surface area contributed by atoms with E-state index in [-0.39, 0.29) is 23.4 Å². The first-order valence-electron chi connectivity index (χ1n) is 11.3. The van der Waals surface area contributed by atoms with Crippen LogP contribution in [-0.2, 0) is 11.3 Å². The number of ether oxygens (including phenoxy) is 1. The zero-order valence-electron chi connectivity index (χ0n) is 19.9. The maximum absolute atomic E-state index is 12.8. The van der Waals surface area contributed by atoms with Crippen LogP contribution in [0.2, 0.25) is 0 Å². The highest BCUT2D eigenvalue weighted by molar-refractivity contribution is 6.06. The second kappa shape index (κ2) is 10.2. The number of nitrogens with one attached hydrogen (secondary N) is 2. The Bertz CT molecular complexity index is 1520. The Kier molecular flexibility index (Phi) is 6.91. The summed E-state index contributed by atoms with van der Waals surface area (Å²) < 4.78 is 7.79. The van der Waals surface area contributed by atoms with Crippen LogP contribution in [0.1, 0.15) is 50.7 Å². The Hall–Kier alpha value is -4.80. The minimum atomic E-state index is -0.656. The zero-order valence-corrected chi connectivity index (χ0v) is 19.9. The molecular weight excluding hydrogens is 464 g/mol. The highest BCUT2D eigenvalue weighted by Crippen LogP contribution is 2.16. The summed E-state index contributed by atoms with van der Waals surface area (Å²) in [7, 11) is 0. The van der Waals surface area contributed by atoms with E-state index in [1.807, 2.05) is 0 Å². The minimum Gasteiger partial charge on any atom is -0.462 e. The highest BCUT2D eigenvalue weighted by Gasteiger charge is 2.18. The number of benzene rings is 2. The van der Waals surface area contributed by atoms with Crippen LogP contribution in [0.15, 0.2) is 59.5 Å². The molecular formula is C25H24N6O5. The first-order valence-corrected chi connectivity index (χ1v) is 11.3. The van der Waals surface area contributed by atoms with E-state index in [9.17, 15) is 19.2 Å². The lowest BCUT2D eigenvalue weighted by molar-refractivity contribution is 0.0525. The molecule has 0 aliphatic rings. The molecule has 0 aliphatic carbocycles. The first-order chi connectivity index (χ1) is 17.3. The van der Waals surface area contributed by atoms with E-state index in [2.05, 4.69) is 21.0 Å². The lowest BCUT2D eigenvalue weighted by Crippen LogP contribution is -2.42. The van der Waals surface area contributed by atoms with Gasteiger partial charge in [0, 0.05) is 17.5 Å². The third-order valence-corrected chi connectivity index (χ3v) is 5.55. The number of hydrogen-bond acceptors (Lipinski definition) is 7. The summed E-state index contributed by atoms with van der Waals surface area (Å²) >= 11 is 0. The molecule has 0 saturated heterocycles. The fraction of sp³-hybridized carbons (Fsp3) is 0.200. The summed E-state index contributed by atoms with van der Waals surface area (Å²) in [6, 6.07) is 13.1. The molecule has 4 aromatic rings. The number of aryl methyl sites for hydroxylation is 1. The smallest absolute Gasteiger partial charge is 0.341 e. The molecule has 0 aliphatic heterocycles. The van der Waals surface area contributed by atoms with Crippen molar-refractivity contribution in [2.24, 2.45) is 0 Å². The van der Waals surface area contributed by atoms with Gasteiger partial charge in [-0.25, -0.2) is 14.2 Å². The van der Waals surface area contributed by atoms with E-state index in [1.54, 1.807) is 74.0 Å². The Morgan fingerprint density at radius 2 is 1.61 bits per heavy atom. The van der Waals surface area contributed by atoms with Crippen molar-refractivity contribution in [2.45, 2.75) is 27.3 Å². The number of aromatic nitrogens is 4. The number of hydrazine groups is 1. The van der Waals surface area contributed by atoms with Crippen LogP contribution in [0.4, 0.5) is 0 Å². The van der Waals surface area contributed by atoms with Crippen molar-refractivity contribution in [3.63, 3.8) is 0 Å². The van der Waals surface area contributed by atoms with E-state index in [4.69, 9.17) is 4.74 Å². The quantitative estimate of drug-likeness (QED) is 0.313. The van der Waals surface area contributed by atoms with Crippen molar-refractivity contribution in [3.05, 3.63) is 87.6 Å². The van der Waals surface area contributed by atoms with Crippen LogP contribution < -0.4 is 16.4 Å². The molecule has 2 aromatic carbocycles. The topological polar surface area (TPSA) is 137 Å². The van der Waals surface area contributed by atoms with Crippen LogP contribution in [0, 0.1) is 6.92 Å². The van der Waals surface area contributed by atoms with Crippen molar-refractivity contribution in [3.8, 4) is 5.69 Å². The SMILES string of the molecule is CCOC(=O)c1cnn(-c2ccc(C(=O)NNC(=O)c3nn(CC)c(=O)c4ccccc34)cc2)c1C. The predicted octanol–water partition coefficient (Wildman–Crippen LogP) is 2.16. The zero-order chi connectivity index (χ0) is 25.8. The van der Waals surface area contributed by atoms with E-state index in [0.29, 0.717) is 34.3 Å². The molecule has 2 N–H and O–H groups in total. The number of carbonyl (C=O) groups excluding carboxylic acids is 3. The number of esters is 1. The summed E-state index contributed by atoms with van der Waals surface area (Å²) in [4.78, 5) is 49.9. The summed E-state index contributed by atoms with van der Waals surface area (Å²) in [5.74, 6) is -1.66. The molecule has 36 heavy (non-hydrogen) atoms. The summed E-state index contributed by atoms with van der Waals surface area (Å²) in [5, 5.41) is 9.13. The van der Waals surface area contributed by atoms with Gasteiger partial charge in [0.2, 0.25) is 0 Å². The van der Waals surface area contributed by atoms with Gasteiger partial charge >= 0.3 is 5.97 Å². The standard InChI is InChI=1S/C25H24N6O5/c1-4-30-24(34)19-9-7-6-8-18(19)21(29-30)23(33)28-27-22(32)16-10-12-17(13-11-16)31-15(3)20(14-26-31)25(35)36-5-2/h6-14H,4-5H2,1-3H3,(H,27,32)(H,28,33). The van der Waals surface area contributed by atoms with Crippen LogP contribution in [0.3, 0.4) is 0 Å². The Morgan fingerprint density at radius 3 is 2.28 bits per heavy atom. The molecule has 0 spiro atoms. The lowest BCUT2D eigenvalue weighted by atomic mass is 10.1. The number of fused-ring (bicyclic) bond motifs is 1. The van der Waals surface area contributed by atoms with E-state index >= 15 is 0 Å². The van der Waals surface area contributed by atoms with Gasteiger partial charge in [-0.3, -0.25) is 25.2 Å². The van der Waals surface area contributed by atoms with E-state index in [1.165, 1.54) is 10.9 Å². The Balaban J connectivity index is 1.48. The van der Waals surface area contributed by atoms with Crippen LogP contribution in [0.25, 0.3) is 16.5 Å². The van der Waals surface area contributed by atoms with Gasteiger partial charge in [-0.05, 0) is 51.1 Å². The molecule has 0 unspecified atom stereocenters. The third-order valence-electron chi connectivity index (χ3n) is 5.55. The van der Waals surface area contributed by atoms with Gasteiger partial charge in [-0.1, -0.05) is 18.2 Å². The number of nitrogens with zero attached hydrogens (tertiary/aromatic N) is 4. The Labute approximate surface area is 205 Å². The monoisotopic (exact) mass is 488 g/mol. The van der Waals surface area contributed by atoms with Crippen LogP contribution in [-0.4, -0.2) is 44.0 Å². The summed E-state index contributed by atoms with van der Waals surface area (Å²) in [6.45, 7) is 5.78. The molecule has 2 amide bonds. The lowest BCUT2D eigenvalue weighted by Gasteiger charge is -2.11. The van der Waals surface area contributed by atoms with Gasteiger partial charge in [0.15, 0.2) is 5.69 Å². The van der Waals surface area contributed by atoms with Crippen LogP contribution in [0.5, 0.6) is 0 Å². The van der Waals surface area contributed by atoms with Gasteiger partial charge in [0.1, 0.15) is 5.56 Å². The largest absolute Gasteiger partial charge is 0.462 e. The van der Waals surface area contributed by atoms with Crippen molar-refractivity contribution >= 4 is 28.6 Å². The van der Waals surface area contributed by atoms with Gasteiger partial charge < -0.3 is 4.74 Å². The summed E-state index contributed by atoms with van der Waals surface area (Å²) in [5.41, 5.74) is 6.34. The first kappa shape index (κ1) is 24.3. The molecule has 0 radical (unpaired) electrons. The highest BCUT2D eigenvalue weighted by atomic mass is 16.5. The van der Waals surface area contributed by atoms with Gasteiger partial charge in [0.25, 0.3) is 17.4 Å². The average Bonchev–Trinajstić information content (AvgIpc) is 3.29. The van der Waals surface area contributed by atoms with Crippen molar-refractivity contribution in [1.29, 1.82) is 0 Å². The minimum absolute atomic E-state index is 0.0225. The molecule has 0 fully saturated rings. The summed E-state index contributed by atoms with van der Waals surface area (Å²) in [6.07, 6.45) is 1.43. The molecule has 0 bridgehead atoms. The number of hydrogen-bond donors (Lipinski definition) is 2. The second-order valence-electron chi connectivity index (χ2n) is 7.75. The molecule has 2 aromatic heterocycles. The molecule has 184 valence electrons. The maximum atomic E-state index is 12.8. The van der Waals surface area contributed by atoms with Gasteiger partial charge in [-0.2, -0.15) is 10.2 Å². The van der Waals surface area contributed by atoms with Gasteiger partial charge in [0.05, 0.1) is 29.6 Å². The fourth-order valence-electron chi connectivity index (χ4n) is 3.70. The van der Waals surface area contributed by atoms with Gasteiger partial charge in [-0.15, -0.1) is 0 Å². The normalized spacial score (nSPS) is 10.8. The van der Waals surface area contributed by atoms with E-state index in [0.717, 1.165) is 0 Å². The van der Waals surface area contributed by atoms with Crippen molar-refractivity contribution in [2.75, 3.05) is 6.61 Å².